The third-order valence-electron chi connectivity index (χ3n) is 5.97. The van der Waals surface area contributed by atoms with Crippen molar-refractivity contribution in [3.63, 3.8) is 0 Å². The van der Waals surface area contributed by atoms with Crippen LogP contribution >= 0.6 is 11.6 Å². The van der Waals surface area contributed by atoms with Gasteiger partial charge >= 0.3 is 0 Å². The summed E-state index contributed by atoms with van der Waals surface area (Å²) in [7, 11) is 0. The predicted octanol–water partition coefficient (Wildman–Crippen LogP) is 4.35. The van der Waals surface area contributed by atoms with Gasteiger partial charge in [0.25, 0.3) is 0 Å². The number of carbonyl (C=O) groups excluding carboxylic acids is 1. The first kappa shape index (κ1) is 21.7. The molecule has 2 unspecified atom stereocenters. The lowest BCUT2D eigenvalue weighted by molar-refractivity contribution is -0.131. The third kappa shape index (κ3) is 4.86. The number of piperazine rings is 1. The highest BCUT2D eigenvalue weighted by Crippen LogP contribution is 2.33. The van der Waals surface area contributed by atoms with Gasteiger partial charge < -0.3 is 15.4 Å². The molecule has 2 fully saturated rings. The van der Waals surface area contributed by atoms with Crippen LogP contribution in [0.25, 0.3) is 6.08 Å². The van der Waals surface area contributed by atoms with E-state index in [4.69, 9.17) is 22.1 Å². The van der Waals surface area contributed by atoms with Gasteiger partial charge in [0, 0.05) is 49.0 Å². The summed E-state index contributed by atoms with van der Waals surface area (Å²) in [5, 5.41) is 0.457. The SMILES string of the molecule is CCOc1cc(/C=C/C(=O)N2C3CCC2CN(Cc2ccc(F)cc2)C3)c(N)cc1Cl. The Hall–Kier alpha value is -2.57. The fourth-order valence-electron chi connectivity index (χ4n) is 4.57. The molecule has 0 spiro atoms. The molecule has 2 bridgehead atoms. The van der Waals surface area contributed by atoms with Gasteiger partial charge in [0.15, 0.2) is 0 Å². The molecular formula is C24H27ClFN3O2. The summed E-state index contributed by atoms with van der Waals surface area (Å²) in [5.41, 5.74) is 8.38. The number of nitrogens with two attached hydrogens (primary N) is 1. The average molecular weight is 444 g/mol. The van der Waals surface area contributed by atoms with E-state index in [1.165, 1.54) is 12.1 Å². The van der Waals surface area contributed by atoms with Crippen LogP contribution < -0.4 is 10.5 Å². The molecule has 2 heterocycles. The maximum atomic E-state index is 13.2. The molecule has 0 saturated carbocycles. The molecule has 2 aromatic carbocycles. The summed E-state index contributed by atoms with van der Waals surface area (Å²) in [4.78, 5) is 17.4. The second-order valence-corrected chi connectivity index (χ2v) is 8.54. The molecule has 31 heavy (non-hydrogen) atoms. The number of rotatable bonds is 6. The van der Waals surface area contributed by atoms with Crippen LogP contribution in [0.2, 0.25) is 5.02 Å². The Bertz CT molecular complexity index is 966. The molecule has 5 nitrogen and oxygen atoms in total. The third-order valence-corrected chi connectivity index (χ3v) is 6.27. The summed E-state index contributed by atoms with van der Waals surface area (Å²) in [6, 6.07) is 10.4. The highest BCUT2D eigenvalue weighted by molar-refractivity contribution is 6.32. The summed E-state index contributed by atoms with van der Waals surface area (Å²) in [6.45, 7) is 4.80. The van der Waals surface area contributed by atoms with Crippen molar-refractivity contribution in [1.29, 1.82) is 0 Å². The number of fused-ring (bicyclic) bond motifs is 2. The van der Waals surface area contributed by atoms with E-state index >= 15 is 0 Å². The van der Waals surface area contributed by atoms with Crippen molar-refractivity contribution in [3.8, 4) is 5.75 Å². The van der Waals surface area contributed by atoms with Gasteiger partial charge in [-0.2, -0.15) is 0 Å². The number of halogens is 2. The quantitative estimate of drug-likeness (QED) is 0.532. The largest absolute Gasteiger partial charge is 0.492 e. The van der Waals surface area contributed by atoms with Gasteiger partial charge in [0.1, 0.15) is 11.6 Å². The Morgan fingerprint density at radius 2 is 1.90 bits per heavy atom. The van der Waals surface area contributed by atoms with Crippen LogP contribution in [-0.2, 0) is 11.3 Å². The molecule has 2 N–H and O–H groups in total. The van der Waals surface area contributed by atoms with Crippen molar-refractivity contribution in [3.05, 3.63) is 64.4 Å². The van der Waals surface area contributed by atoms with Crippen molar-refractivity contribution in [1.82, 2.24) is 9.80 Å². The predicted molar refractivity (Wildman–Crippen MR) is 121 cm³/mol. The lowest BCUT2D eigenvalue weighted by Gasteiger charge is -2.40. The summed E-state index contributed by atoms with van der Waals surface area (Å²) < 4.78 is 18.7. The molecule has 0 aromatic heterocycles. The number of benzene rings is 2. The maximum absolute atomic E-state index is 13.2. The van der Waals surface area contributed by atoms with E-state index < -0.39 is 0 Å². The number of amides is 1. The molecule has 164 valence electrons. The topological polar surface area (TPSA) is 58.8 Å². The minimum Gasteiger partial charge on any atom is -0.492 e. The summed E-state index contributed by atoms with van der Waals surface area (Å²) in [6.07, 6.45) is 5.33. The first-order valence-corrected chi connectivity index (χ1v) is 11.0. The first-order chi connectivity index (χ1) is 14.9. The van der Waals surface area contributed by atoms with E-state index in [0.717, 1.165) is 38.0 Å². The van der Waals surface area contributed by atoms with E-state index in [9.17, 15) is 9.18 Å². The Morgan fingerprint density at radius 1 is 1.23 bits per heavy atom. The Kier molecular flexibility index (Phi) is 6.49. The van der Waals surface area contributed by atoms with Crippen LogP contribution in [-0.4, -0.2) is 47.5 Å². The Labute approximate surface area is 187 Å². The van der Waals surface area contributed by atoms with Gasteiger partial charge in [-0.15, -0.1) is 0 Å². The zero-order valence-corrected chi connectivity index (χ0v) is 18.3. The van der Waals surface area contributed by atoms with Crippen LogP contribution in [0.1, 0.15) is 30.9 Å². The van der Waals surface area contributed by atoms with Crippen molar-refractivity contribution in [2.45, 2.75) is 38.4 Å². The molecule has 2 aliphatic rings. The van der Waals surface area contributed by atoms with Gasteiger partial charge in [-0.25, -0.2) is 4.39 Å². The summed E-state index contributed by atoms with van der Waals surface area (Å²) >= 11 is 6.16. The fourth-order valence-corrected chi connectivity index (χ4v) is 4.80. The van der Waals surface area contributed by atoms with Gasteiger partial charge in [-0.05, 0) is 55.7 Å². The normalized spacial score (nSPS) is 21.1. The van der Waals surface area contributed by atoms with E-state index in [1.807, 2.05) is 24.0 Å². The van der Waals surface area contributed by atoms with Crippen LogP contribution in [0, 0.1) is 5.82 Å². The monoisotopic (exact) mass is 443 g/mol. The van der Waals surface area contributed by atoms with Crippen molar-refractivity contribution in [2.24, 2.45) is 0 Å². The smallest absolute Gasteiger partial charge is 0.247 e. The lowest BCUT2D eigenvalue weighted by atomic mass is 10.1. The zero-order chi connectivity index (χ0) is 22.0. The maximum Gasteiger partial charge on any atom is 0.247 e. The number of likely N-dealkylation sites (tertiary alicyclic amines) is 1. The van der Waals surface area contributed by atoms with Crippen LogP contribution in [0.15, 0.2) is 42.5 Å². The standard InChI is InChI=1S/C24H27ClFN3O2/c1-2-31-23-11-17(22(27)12-21(23)25)5-10-24(30)29-19-8-9-20(29)15-28(14-19)13-16-3-6-18(26)7-4-16/h3-7,10-12,19-20H,2,8-9,13-15,27H2,1H3/b10-5+. The molecule has 1 amide bonds. The Morgan fingerprint density at radius 3 is 2.55 bits per heavy atom. The lowest BCUT2D eigenvalue weighted by Crippen LogP contribution is -2.55. The van der Waals surface area contributed by atoms with Crippen LogP contribution in [0.4, 0.5) is 10.1 Å². The van der Waals surface area contributed by atoms with Gasteiger partial charge in [-0.3, -0.25) is 9.69 Å². The average Bonchev–Trinajstić information content (AvgIpc) is 3.01. The molecule has 2 aromatic rings. The van der Waals surface area contributed by atoms with Crippen LogP contribution in [0.3, 0.4) is 0 Å². The first-order valence-electron chi connectivity index (χ1n) is 10.6. The minimum atomic E-state index is -0.222. The second kappa shape index (κ2) is 9.28. The van der Waals surface area contributed by atoms with E-state index in [1.54, 1.807) is 24.3 Å². The molecule has 0 radical (unpaired) electrons. The molecule has 4 rings (SSSR count). The Balaban J connectivity index is 1.42. The summed E-state index contributed by atoms with van der Waals surface area (Å²) in [5.74, 6) is 0.335. The highest BCUT2D eigenvalue weighted by atomic mass is 35.5. The van der Waals surface area contributed by atoms with Gasteiger partial charge in [0.05, 0.1) is 11.6 Å². The van der Waals surface area contributed by atoms with E-state index in [2.05, 4.69) is 4.90 Å². The fraction of sp³-hybridized carbons (Fsp3) is 0.375. The number of anilines is 1. The van der Waals surface area contributed by atoms with E-state index in [0.29, 0.717) is 28.6 Å². The van der Waals surface area contributed by atoms with Crippen molar-refractivity contribution in [2.75, 3.05) is 25.4 Å². The number of hydrogen-bond acceptors (Lipinski definition) is 4. The molecule has 2 atom stereocenters. The molecular weight excluding hydrogens is 417 g/mol. The van der Waals surface area contributed by atoms with Gasteiger partial charge in [0.2, 0.25) is 5.91 Å². The number of nitrogen functional groups attached to an aromatic ring is 1. The number of carbonyl (C=O) groups is 1. The van der Waals surface area contributed by atoms with Gasteiger partial charge in [-0.1, -0.05) is 23.7 Å². The molecule has 2 saturated heterocycles. The number of ether oxygens (including phenoxy) is 1. The second-order valence-electron chi connectivity index (χ2n) is 8.13. The highest BCUT2D eigenvalue weighted by Gasteiger charge is 2.41. The van der Waals surface area contributed by atoms with E-state index in [-0.39, 0.29) is 23.8 Å². The van der Waals surface area contributed by atoms with Crippen LogP contribution in [0.5, 0.6) is 5.75 Å². The minimum absolute atomic E-state index is 0.00115. The molecule has 2 aliphatic heterocycles. The molecule has 0 aliphatic carbocycles. The number of nitrogens with zero attached hydrogens (tertiary/aromatic N) is 2. The van der Waals surface area contributed by atoms with Crippen molar-refractivity contribution >= 4 is 29.3 Å². The zero-order valence-electron chi connectivity index (χ0n) is 17.6. The molecule has 7 heteroatoms. The van der Waals surface area contributed by atoms with Crippen molar-refractivity contribution < 1.29 is 13.9 Å². The number of hydrogen-bond donors (Lipinski definition) is 1.